The lowest BCUT2D eigenvalue weighted by molar-refractivity contribution is -0.216. The molecular formula is C32H58O4. The Balaban J connectivity index is 1.39. The first-order valence-corrected chi connectivity index (χ1v) is 15.6. The van der Waals surface area contributed by atoms with E-state index in [9.17, 15) is 4.79 Å². The molecule has 3 unspecified atom stereocenters. The van der Waals surface area contributed by atoms with Crippen LogP contribution in [-0.4, -0.2) is 30.1 Å². The molecule has 3 atom stereocenters. The van der Waals surface area contributed by atoms with E-state index in [1.54, 1.807) is 6.92 Å². The number of fused-ring (bicyclic) bond motifs is 1. The van der Waals surface area contributed by atoms with Crippen molar-refractivity contribution in [2.24, 2.45) is 0 Å². The van der Waals surface area contributed by atoms with Crippen molar-refractivity contribution in [3.63, 3.8) is 0 Å². The van der Waals surface area contributed by atoms with Crippen LogP contribution < -0.4 is 0 Å². The summed E-state index contributed by atoms with van der Waals surface area (Å²) in [6.45, 7) is 10.4. The zero-order valence-corrected chi connectivity index (χ0v) is 24.2. The smallest absolute Gasteiger partial charge is 0.333 e. The molecule has 0 amide bonds. The van der Waals surface area contributed by atoms with Crippen LogP contribution in [0.4, 0.5) is 0 Å². The number of esters is 1. The molecule has 1 saturated carbocycles. The van der Waals surface area contributed by atoms with Crippen molar-refractivity contribution in [1.29, 1.82) is 0 Å². The zero-order chi connectivity index (χ0) is 26.1. The van der Waals surface area contributed by atoms with Crippen molar-refractivity contribution in [2.75, 3.05) is 6.61 Å². The molecule has 1 heterocycles. The van der Waals surface area contributed by atoms with Crippen molar-refractivity contribution in [1.82, 2.24) is 0 Å². The first kappa shape index (κ1) is 31.3. The minimum Gasteiger partial charge on any atom is -0.453 e. The van der Waals surface area contributed by atoms with Gasteiger partial charge in [0.2, 0.25) is 0 Å². The molecular weight excluding hydrogens is 448 g/mol. The molecule has 1 aliphatic carbocycles. The maximum atomic E-state index is 12.2. The van der Waals surface area contributed by atoms with E-state index in [0.717, 1.165) is 25.7 Å². The molecule has 4 nitrogen and oxygen atoms in total. The van der Waals surface area contributed by atoms with Crippen molar-refractivity contribution in [3.8, 4) is 0 Å². The highest BCUT2D eigenvalue weighted by Crippen LogP contribution is 2.50. The van der Waals surface area contributed by atoms with Gasteiger partial charge in [0.05, 0.1) is 6.61 Å². The van der Waals surface area contributed by atoms with Gasteiger partial charge in [0.15, 0.2) is 5.79 Å². The maximum absolute atomic E-state index is 12.2. The molecule has 1 aliphatic heterocycles. The third-order valence-corrected chi connectivity index (χ3v) is 8.21. The fraction of sp³-hybridized carbons (Fsp3) is 0.906. The lowest BCUT2D eigenvalue weighted by Gasteiger charge is -2.28. The van der Waals surface area contributed by atoms with Gasteiger partial charge in [-0.2, -0.15) is 0 Å². The van der Waals surface area contributed by atoms with Gasteiger partial charge in [-0.1, -0.05) is 123 Å². The van der Waals surface area contributed by atoms with Crippen LogP contribution in [0.15, 0.2) is 12.2 Å². The van der Waals surface area contributed by atoms with Crippen LogP contribution in [-0.2, 0) is 19.0 Å². The van der Waals surface area contributed by atoms with Crippen molar-refractivity contribution in [2.45, 2.75) is 180 Å². The Morgan fingerprint density at radius 2 is 1.31 bits per heavy atom. The van der Waals surface area contributed by atoms with E-state index in [4.69, 9.17) is 14.2 Å². The topological polar surface area (TPSA) is 44.8 Å². The van der Waals surface area contributed by atoms with E-state index in [0.29, 0.717) is 18.6 Å². The summed E-state index contributed by atoms with van der Waals surface area (Å²) in [7, 11) is 0. The monoisotopic (exact) mass is 506 g/mol. The molecule has 0 aromatic heterocycles. The van der Waals surface area contributed by atoms with Crippen molar-refractivity contribution < 1.29 is 19.0 Å². The first-order valence-electron chi connectivity index (χ1n) is 15.6. The average Bonchev–Trinajstić information content (AvgIpc) is 3.33. The summed E-state index contributed by atoms with van der Waals surface area (Å²) in [4.78, 5) is 12.2. The molecule has 1 saturated heterocycles. The summed E-state index contributed by atoms with van der Waals surface area (Å²) in [5.74, 6) is -0.951. The number of hydrogen-bond donors (Lipinski definition) is 0. The fourth-order valence-corrected chi connectivity index (χ4v) is 6.07. The van der Waals surface area contributed by atoms with Crippen molar-refractivity contribution in [3.05, 3.63) is 12.2 Å². The minimum atomic E-state index is -0.644. The summed E-state index contributed by atoms with van der Waals surface area (Å²) in [5, 5.41) is 0. The minimum absolute atomic E-state index is 0.0499. The van der Waals surface area contributed by atoms with Crippen LogP contribution in [0, 0.1) is 0 Å². The standard InChI is InChI=1S/C32H58O4/c1-5-6-7-8-9-10-11-12-13-14-15-16-17-18-19-20-21-22-26-34-31(4)27-32(36-30(33)28(2)3)25-23-24-29(32)35-31/h29H,2,5-27H2,1,3-4H3. The van der Waals surface area contributed by atoms with Crippen LogP contribution in [0.2, 0.25) is 0 Å². The molecule has 2 fully saturated rings. The van der Waals surface area contributed by atoms with Gasteiger partial charge in [-0.05, 0) is 39.5 Å². The first-order chi connectivity index (χ1) is 17.4. The number of carbonyl (C=O) groups is 1. The van der Waals surface area contributed by atoms with E-state index in [-0.39, 0.29) is 12.1 Å². The second-order valence-electron chi connectivity index (χ2n) is 11.9. The van der Waals surface area contributed by atoms with Crippen LogP contribution >= 0.6 is 0 Å². The Bertz CT molecular complexity index is 617. The van der Waals surface area contributed by atoms with Crippen LogP contribution in [0.1, 0.15) is 162 Å². The fourth-order valence-electron chi connectivity index (χ4n) is 6.07. The molecule has 2 aliphatic rings. The summed E-state index contributed by atoms with van der Waals surface area (Å²) in [5.41, 5.74) is -0.0816. The number of ether oxygens (including phenoxy) is 3. The zero-order valence-electron chi connectivity index (χ0n) is 24.2. The lowest BCUT2D eigenvalue weighted by atomic mass is 9.94. The molecule has 0 N–H and O–H groups in total. The normalized spacial score (nSPS) is 25.2. The van der Waals surface area contributed by atoms with Gasteiger partial charge in [0.1, 0.15) is 11.7 Å². The summed E-state index contributed by atoms with van der Waals surface area (Å²) < 4.78 is 18.3. The molecule has 0 spiro atoms. The molecule has 4 heteroatoms. The van der Waals surface area contributed by atoms with E-state index in [1.807, 2.05) is 6.92 Å². The second-order valence-corrected chi connectivity index (χ2v) is 11.9. The molecule has 36 heavy (non-hydrogen) atoms. The van der Waals surface area contributed by atoms with Crippen LogP contribution in [0.5, 0.6) is 0 Å². The van der Waals surface area contributed by atoms with Gasteiger partial charge in [-0.3, -0.25) is 0 Å². The lowest BCUT2D eigenvalue weighted by Crippen LogP contribution is -2.39. The van der Waals surface area contributed by atoms with E-state index < -0.39 is 11.4 Å². The molecule has 210 valence electrons. The van der Waals surface area contributed by atoms with Crippen LogP contribution in [0.3, 0.4) is 0 Å². The molecule has 0 radical (unpaired) electrons. The van der Waals surface area contributed by atoms with Gasteiger partial charge in [0.25, 0.3) is 0 Å². The predicted octanol–water partition coefficient (Wildman–Crippen LogP) is 9.59. The van der Waals surface area contributed by atoms with E-state index >= 15 is 0 Å². The molecule has 0 bridgehead atoms. The second kappa shape index (κ2) is 17.6. The van der Waals surface area contributed by atoms with E-state index in [2.05, 4.69) is 13.5 Å². The Labute approximate surface area is 223 Å². The number of unbranched alkanes of at least 4 members (excludes halogenated alkanes) is 17. The van der Waals surface area contributed by atoms with Gasteiger partial charge < -0.3 is 14.2 Å². The highest BCUT2D eigenvalue weighted by Gasteiger charge is 2.59. The predicted molar refractivity (Wildman–Crippen MR) is 150 cm³/mol. The quantitative estimate of drug-likeness (QED) is 0.0833. The van der Waals surface area contributed by atoms with Gasteiger partial charge >= 0.3 is 5.97 Å². The Morgan fingerprint density at radius 3 is 1.78 bits per heavy atom. The summed E-state index contributed by atoms with van der Waals surface area (Å²) in [6.07, 6.45) is 28.3. The number of rotatable bonds is 22. The number of hydrogen-bond acceptors (Lipinski definition) is 4. The third-order valence-electron chi connectivity index (χ3n) is 8.21. The molecule has 2 rings (SSSR count). The van der Waals surface area contributed by atoms with Gasteiger partial charge in [-0.25, -0.2) is 4.79 Å². The average molecular weight is 507 g/mol. The summed E-state index contributed by atoms with van der Waals surface area (Å²) >= 11 is 0. The SMILES string of the molecule is C=C(C)C(=O)OC12CCCC1OC(C)(OCCCCCCCCCCCCCCCCCCCC)C2. The Morgan fingerprint density at radius 1 is 0.833 bits per heavy atom. The van der Waals surface area contributed by atoms with Gasteiger partial charge in [0, 0.05) is 12.0 Å². The third kappa shape index (κ3) is 11.7. The highest BCUT2D eigenvalue weighted by molar-refractivity contribution is 5.87. The maximum Gasteiger partial charge on any atom is 0.333 e. The molecule has 0 aromatic rings. The van der Waals surface area contributed by atoms with E-state index in [1.165, 1.54) is 109 Å². The van der Waals surface area contributed by atoms with Crippen molar-refractivity contribution >= 4 is 5.97 Å². The Hall–Kier alpha value is -0.870. The molecule has 0 aromatic carbocycles. The van der Waals surface area contributed by atoms with Crippen LogP contribution in [0.25, 0.3) is 0 Å². The largest absolute Gasteiger partial charge is 0.453 e. The Kier molecular flexibility index (Phi) is 15.3. The summed E-state index contributed by atoms with van der Waals surface area (Å²) in [6, 6.07) is 0. The highest BCUT2D eigenvalue weighted by atomic mass is 16.7. The van der Waals surface area contributed by atoms with Gasteiger partial charge in [-0.15, -0.1) is 0 Å². The number of carbonyl (C=O) groups excluding carboxylic acids is 1.